The largest absolute Gasteiger partial charge is 0.497 e. The number of aryl methyl sites for hydroxylation is 1. The van der Waals surface area contributed by atoms with Gasteiger partial charge in [0.25, 0.3) is 17.4 Å². The van der Waals surface area contributed by atoms with Gasteiger partial charge in [-0.1, -0.05) is 6.07 Å². The topological polar surface area (TPSA) is 149 Å². The van der Waals surface area contributed by atoms with Gasteiger partial charge in [0.05, 0.1) is 12.7 Å². The summed E-state index contributed by atoms with van der Waals surface area (Å²) in [5.74, 6) is -0.522. The molecule has 3 N–H and O–H groups in total. The van der Waals surface area contributed by atoms with Crippen LogP contribution in [0.15, 0.2) is 59.0 Å². The van der Waals surface area contributed by atoms with Crippen LogP contribution in [0.25, 0.3) is 11.7 Å². The predicted molar refractivity (Wildman–Crippen MR) is 146 cm³/mol. The minimum atomic E-state index is -0.786. The van der Waals surface area contributed by atoms with Crippen molar-refractivity contribution in [2.24, 2.45) is 5.73 Å². The van der Waals surface area contributed by atoms with Crippen molar-refractivity contribution in [3.8, 4) is 23.4 Å². The fourth-order valence-electron chi connectivity index (χ4n) is 4.42. The Bertz CT molecular complexity index is 1730. The molecule has 0 fully saturated rings. The second kappa shape index (κ2) is 10.8. The number of pyridine rings is 1. The Morgan fingerprint density at radius 1 is 1.15 bits per heavy atom. The van der Waals surface area contributed by atoms with Gasteiger partial charge in [-0.3, -0.25) is 18.8 Å². The molecule has 1 aromatic carbocycles. The van der Waals surface area contributed by atoms with Crippen molar-refractivity contribution < 1.29 is 19.1 Å². The van der Waals surface area contributed by atoms with E-state index in [0.29, 0.717) is 28.6 Å². The number of nitriles is 1. The highest BCUT2D eigenvalue weighted by Crippen LogP contribution is 2.38. The highest BCUT2D eigenvalue weighted by atomic mass is 32.1. The van der Waals surface area contributed by atoms with E-state index in [1.807, 2.05) is 6.07 Å². The number of anilines is 1. The van der Waals surface area contributed by atoms with Gasteiger partial charge in [-0.15, -0.1) is 11.3 Å². The van der Waals surface area contributed by atoms with Gasteiger partial charge >= 0.3 is 0 Å². The average Bonchev–Trinajstić information content (AvgIpc) is 3.31. The third-order valence-corrected chi connectivity index (χ3v) is 7.51. The molecule has 10 nitrogen and oxygen atoms in total. The number of hydrogen-bond donors (Lipinski definition) is 2. The molecule has 4 aromatic rings. The Kier molecular flexibility index (Phi) is 7.12. The summed E-state index contributed by atoms with van der Waals surface area (Å²) < 4.78 is 12.4. The number of thiophene rings is 1. The minimum Gasteiger partial charge on any atom is -0.497 e. The molecule has 0 saturated carbocycles. The van der Waals surface area contributed by atoms with Crippen LogP contribution in [0.1, 0.15) is 39.2 Å². The zero-order valence-corrected chi connectivity index (χ0v) is 21.7. The first-order valence-electron chi connectivity index (χ1n) is 12.1. The lowest BCUT2D eigenvalue weighted by Gasteiger charge is -2.11. The van der Waals surface area contributed by atoms with E-state index in [2.05, 4.69) is 10.3 Å². The fraction of sp³-hybridized carbons (Fsp3) is 0.179. The van der Waals surface area contributed by atoms with E-state index in [4.69, 9.17) is 15.2 Å². The van der Waals surface area contributed by atoms with E-state index in [0.717, 1.165) is 35.8 Å². The van der Waals surface area contributed by atoms with Gasteiger partial charge in [0.1, 0.15) is 39.4 Å². The van der Waals surface area contributed by atoms with Crippen molar-refractivity contribution in [3.05, 3.63) is 86.2 Å². The lowest BCUT2D eigenvalue weighted by atomic mass is 9.95. The number of nitrogens with zero attached hydrogens (tertiary/aromatic N) is 3. The van der Waals surface area contributed by atoms with Crippen LogP contribution >= 0.6 is 11.3 Å². The molecule has 39 heavy (non-hydrogen) atoms. The molecule has 11 heteroatoms. The van der Waals surface area contributed by atoms with Crippen LogP contribution < -0.4 is 26.1 Å². The summed E-state index contributed by atoms with van der Waals surface area (Å²) in [5, 5.41) is 12.8. The van der Waals surface area contributed by atoms with Crippen molar-refractivity contribution in [1.29, 1.82) is 5.26 Å². The van der Waals surface area contributed by atoms with Crippen molar-refractivity contribution in [2.45, 2.75) is 25.7 Å². The summed E-state index contributed by atoms with van der Waals surface area (Å²) in [6.07, 6.45) is 6.07. The molecule has 3 heterocycles. The third-order valence-electron chi connectivity index (χ3n) is 6.31. The van der Waals surface area contributed by atoms with Crippen molar-refractivity contribution >= 4 is 39.9 Å². The molecule has 5 rings (SSSR count). The highest BCUT2D eigenvalue weighted by Gasteiger charge is 2.26. The minimum absolute atomic E-state index is 0.0821. The molecule has 2 amide bonds. The summed E-state index contributed by atoms with van der Waals surface area (Å²) >= 11 is 1.28. The van der Waals surface area contributed by atoms with Crippen LogP contribution in [0.2, 0.25) is 0 Å². The number of ether oxygens (including phenoxy) is 2. The first-order valence-corrected chi connectivity index (χ1v) is 12.9. The smallest absolute Gasteiger partial charge is 0.269 e. The normalized spacial score (nSPS) is 12.9. The molecule has 0 bridgehead atoms. The third kappa shape index (κ3) is 5.10. The standard InChI is InChI=1S/C28H23N5O5S/c1-37-17-9-11-18(12-10-17)38-26-20(28(36)33-13-5-4-8-22(33)31-26)14-16(15-29)25(35)32-27-23(24(30)34)19-6-2-3-7-21(19)39-27/h4-5,8-14H,2-3,6-7H2,1H3,(H2,30,34)(H,32,35)/b16-14+. The van der Waals surface area contributed by atoms with E-state index < -0.39 is 17.4 Å². The number of nitrogens with one attached hydrogen (secondary N) is 1. The Morgan fingerprint density at radius 3 is 2.62 bits per heavy atom. The van der Waals surface area contributed by atoms with Crippen molar-refractivity contribution in [3.63, 3.8) is 0 Å². The monoisotopic (exact) mass is 541 g/mol. The van der Waals surface area contributed by atoms with Gasteiger partial charge in [0, 0.05) is 11.1 Å². The summed E-state index contributed by atoms with van der Waals surface area (Å²) in [7, 11) is 1.54. The van der Waals surface area contributed by atoms with Crippen LogP contribution in [0, 0.1) is 11.3 Å². The van der Waals surface area contributed by atoms with Gasteiger partial charge in [-0.25, -0.2) is 0 Å². The fourth-order valence-corrected chi connectivity index (χ4v) is 5.71. The van der Waals surface area contributed by atoms with Gasteiger partial charge in [-0.05, 0) is 73.7 Å². The molecule has 0 unspecified atom stereocenters. The first kappa shape index (κ1) is 25.7. The summed E-state index contributed by atoms with van der Waals surface area (Å²) in [6, 6.07) is 13.5. The number of hydrogen-bond acceptors (Lipinski definition) is 8. The Labute approximate surface area is 226 Å². The van der Waals surface area contributed by atoms with Gasteiger partial charge in [0.2, 0.25) is 5.88 Å². The molecule has 0 atom stereocenters. The molecule has 0 aliphatic heterocycles. The van der Waals surface area contributed by atoms with E-state index in [-0.39, 0.29) is 22.6 Å². The maximum absolute atomic E-state index is 13.4. The zero-order valence-electron chi connectivity index (χ0n) is 20.9. The van der Waals surface area contributed by atoms with Crippen molar-refractivity contribution in [1.82, 2.24) is 9.38 Å². The first-order chi connectivity index (χ1) is 18.9. The van der Waals surface area contributed by atoms with Crippen LogP contribution in [-0.2, 0) is 17.6 Å². The van der Waals surface area contributed by atoms with Crippen LogP contribution in [0.3, 0.4) is 0 Å². The van der Waals surface area contributed by atoms with E-state index in [9.17, 15) is 19.6 Å². The summed E-state index contributed by atoms with van der Waals surface area (Å²) in [6.45, 7) is 0. The summed E-state index contributed by atoms with van der Waals surface area (Å²) in [5.41, 5.74) is 6.08. The van der Waals surface area contributed by atoms with Crippen LogP contribution in [0.4, 0.5) is 5.00 Å². The Hall–Kier alpha value is -4.95. The SMILES string of the molecule is COc1ccc(Oc2nc3ccccn3c(=O)c2/C=C(\C#N)C(=O)Nc2sc3c(c2C(N)=O)CCCC3)cc1. The van der Waals surface area contributed by atoms with Gasteiger partial charge in [0.15, 0.2) is 0 Å². The van der Waals surface area contributed by atoms with Gasteiger partial charge in [-0.2, -0.15) is 10.2 Å². The number of fused-ring (bicyclic) bond motifs is 2. The number of aromatic nitrogens is 2. The van der Waals surface area contributed by atoms with Gasteiger partial charge < -0.3 is 20.5 Å². The Balaban J connectivity index is 1.55. The summed E-state index contributed by atoms with van der Waals surface area (Å²) in [4.78, 5) is 44.3. The van der Waals surface area contributed by atoms with Crippen LogP contribution in [-0.4, -0.2) is 28.3 Å². The number of benzene rings is 1. The number of nitrogens with two attached hydrogens (primary N) is 1. The second-order valence-electron chi connectivity index (χ2n) is 8.75. The van der Waals surface area contributed by atoms with E-state index >= 15 is 0 Å². The molecule has 1 aliphatic carbocycles. The maximum atomic E-state index is 13.4. The molecule has 196 valence electrons. The predicted octanol–water partition coefficient (Wildman–Crippen LogP) is 4.08. The lowest BCUT2D eigenvalue weighted by molar-refractivity contribution is -0.112. The highest BCUT2D eigenvalue weighted by molar-refractivity contribution is 7.17. The number of primary amides is 1. The number of rotatable bonds is 7. The average molecular weight is 542 g/mol. The number of methoxy groups -OCH3 is 1. The Morgan fingerprint density at radius 2 is 1.90 bits per heavy atom. The molecule has 1 aliphatic rings. The second-order valence-corrected chi connectivity index (χ2v) is 9.85. The molecule has 0 saturated heterocycles. The number of carbonyl (C=O) groups is 2. The zero-order chi connectivity index (χ0) is 27.5. The van der Waals surface area contributed by atoms with E-state index in [1.165, 1.54) is 29.0 Å². The quantitative estimate of drug-likeness (QED) is 0.264. The molecular weight excluding hydrogens is 518 g/mol. The lowest BCUT2D eigenvalue weighted by Crippen LogP contribution is -2.21. The van der Waals surface area contributed by atoms with E-state index in [1.54, 1.807) is 42.5 Å². The molecule has 0 radical (unpaired) electrons. The molecule has 0 spiro atoms. The number of amides is 2. The molecule has 3 aromatic heterocycles. The maximum Gasteiger partial charge on any atom is 0.269 e. The molecular formula is C28H23N5O5S. The van der Waals surface area contributed by atoms with Crippen molar-refractivity contribution in [2.75, 3.05) is 12.4 Å². The van der Waals surface area contributed by atoms with Crippen LogP contribution in [0.5, 0.6) is 17.4 Å². The number of carbonyl (C=O) groups excluding carboxylic acids is 2.